The molecule has 1 aliphatic heterocycles. The first-order valence-electron chi connectivity index (χ1n) is 7.40. The van der Waals surface area contributed by atoms with Crippen LogP contribution in [-0.4, -0.2) is 6.61 Å². The number of ether oxygens (including phenoxy) is 1. The van der Waals surface area contributed by atoms with Crippen LogP contribution in [0.25, 0.3) is 0 Å². The molecule has 0 spiro atoms. The molecule has 0 amide bonds. The average molecular weight is 346 g/mol. The van der Waals surface area contributed by atoms with Crippen LogP contribution in [0, 0.1) is 6.92 Å². The number of benzene rings is 2. The number of aryl methyl sites for hydroxylation is 2. The van der Waals surface area contributed by atoms with Gasteiger partial charge in [0.2, 0.25) is 0 Å². The number of rotatable bonds is 4. The van der Waals surface area contributed by atoms with E-state index in [2.05, 4.69) is 59.3 Å². The first-order valence-corrected chi connectivity index (χ1v) is 8.19. The molecule has 0 aromatic heterocycles. The van der Waals surface area contributed by atoms with Gasteiger partial charge in [-0.25, -0.2) is 0 Å². The standard InChI is InChI=1S/C18H20BrNO/c1-12-3-2-4-15(18(12)19)16(20)7-5-13-6-8-17-14(11-13)9-10-21-17/h2-4,6,8,11,16H,5,7,9-10,20H2,1H3. The van der Waals surface area contributed by atoms with Crippen molar-refractivity contribution < 1.29 is 4.74 Å². The van der Waals surface area contributed by atoms with Gasteiger partial charge in [0.05, 0.1) is 6.61 Å². The summed E-state index contributed by atoms with van der Waals surface area (Å²) < 4.78 is 6.69. The van der Waals surface area contributed by atoms with Crippen LogP contribution < -0.4 is 10.5 Å². The van der Waals surface area contributed by atoms with Crippen molar-refractivity contribution in [2.24, 2.45) is 5.73 Å². The van der Waals surface area contributed by atoms with E-state index in [-0.39, 0.29) is 6.04 Å². The van der Waals surface area contributed by atoms with Crippen molar-refractivity contribution in [1.29, 1.82) is 0 Å². The smallest absolute Gasteiger partial charge is 0.122 e. The zero-order chi connectivity index (χ0) is 14.8. The first kappa shape index (κ1) is 14.6. The van der Waals surface area contributed by atoms with Gasteiger partial charge in [0.1, 0.15) is 5.75 Å². The Morgan fingerprint density at radius 3 is 3.00 bits per heavy atom. The second kappa shape index (κ2) is 6.20. The highest BCUT2D eigenvalue weighted by molar-refractivity contribution is 9.10. The highest BCUT2D eigenvalue weighted by Gasteiger charge is 2.14. The van der Waals surface area contributed by atoms with Crippen LogP contribution >= 0.6 is 15.9 Å². The minimum Gasteiger partial charge on any atom is -0.493 e. The fourth-order valence-electron chi connectivity index (χ4n) is 2.83. The predicted octanol–water partition coefficient (Wildman–Crippen LogP) is 4.33. The maximum absolute atomic E-state index is 6.37. The molecule has 1 aliphatic rings. The SMILES string of the molecule is Cc1cccc(C(N)CCc2ccc3c(c2)CCO3)c1Br. The second-order valence-corrected chi connectivity index (χ2v) is 6.46. The topological polar surface area (TPSA) is 35.2 Å². The molecule has 2 aromatic rings. The Morgan fingerprint density at radius 2 is 2.14 bits per heavy atom. The van der Waals surface area contributed by atoms with E-state index >= 15 is 0 Å². The Balaban J connectivity index is 1.68. The molecular formula is C18H20BrNO. The fraction of sp³-hybridized carbons (Fsp3) is 0.333. The van der Waals surface area contributed by atoms with Crippen LogP contribution in [0.2, 0.25) is 0 Å². The maximum atomic E-state index is 6.37. The van der Waals surface area contributed by atoms with Crippen molar-refractivity contribution in [3.63, 3.8) is 0 Å². The third-order valence-electron chi connectivity index (χ3n) is 4.12. The molecular weight excluding hydrogens is 326 g/mol. The third-order valence-corrected chi connectivity index (χ3v) is 5.20. The number of hydrogen-bond donors (Lipinski definition) is 1. The van der Waals surface area contributed by atoms with E-state index in [9.17, 15) is 0 Å². The molecule has 1 unspecified atom stereocenters. The Morgan fingerprint density at radius 1 is 1.29 bits per heavy atom. The monoisotopic (exact) mass is 345 g/mol. The minimum absolute atomic E-state index is 0.0591. The Kier molecular flexibility index (Phi) is 4.32. The molecule has 2 N–H and O–H groups in total. The van der Waals surface area contributed by atoms with Crippen molar-refractivity contribution in [3.8, 4) is 5.75 Å². The molecule has 0 bridgehead atoms. The summed E-state index contributed by atoms with van der Waals surface area (Å²) in [4.78, 5) is 0. The van der Waals surface area contributed by atoms with Crippen molar-refractivity contribution in [1.82, 2.24) is 0 Å². The molecule has 2 nitrogen and oxygen atoms in total. The molecule has 3 heteroatoms. The van der Waals surface area contributed by atoms with Crippen LogP contribution in [-0.2, 0) is 12.8 Å². The molecule has 110 valence electrons. The van der Waals surface area contributed by atoms with E-state index in [1.165, 1.54) is 22.3 Å². The highest BCUT2D eigenvalue weighted by Crippen LogP contribution is 2.29. The molecule has 0 radical (unpaired) electrons. The lowest BCUT2D eigenvalue weighted by molar-refractivity contribution is 0.357. The van der Waals surface area contributed by atoms with Gasteiger partial charge in [0, 0.05) is 16.9 Å². The van der Waals surface area contributed by atoms with Gasteiger partial charge < -0.3 is 10.5 Å². The average Bonchev–Trinajstić information content (AvgIpc) is 2.95. The Hall–Kier alpha value is -1.32. The fourth-order valence-corrected chi connectivity index (χ4v) is 3.39. The summed E-state index contributed by atoms with van der Waals surface area (Å²) in [5.41, 5.74) is 11.5. The first-order chi connectivity index (χ1) is 10.1. The molecule has 0 fully saturated rings. The molecule has 2 aromatic carbocycles. The number of hydrogen-bond acceptors (Lipinski definition) is 2. The zero-order valence-corrected chi connectivity index (χ0v) is 13.8. The maximum Gasteiger partial charge on any atom is 0.122 e. The number of nitrogens with two attached hydrogens (primary N) is 1. The van der Waals surface area contributed by atoms with Gasteiger partial charge in [-0.05, 0) is 48.1 Å². The van der Waals surface area contributed by atoms with Crippen molar-refractivity contribution >= 4 is 15.9 Å². The lowest BCUT2D eigenvalue weighted by Crippen LogP contribution is -2.12. The molecule has 3 rings (SSSR count). The van der Waals surface area contributed by atoms with Gasteiger partial charge in [-0.2, -0.15) is 0 Å². The quantitative estimate of drug-likeness (QED) is 0.895. The molecule has 1 heterocycles. The Bertz CT molecular complexity index is 654. The lowest BCUT2D eigenvalue weighted by atomic mass is 9.97. The van der Waals surface area contributed by atoms with Crippen LogP contribution in [0.1, 0.15) is 34.7 Å². The highest BCUT2D eigenvalue weighted by atomic mass is 79.9. The van der Waals surface area contributed by atoms with E-state index in [0.29, 0.717) is 0 Å². The molecule has 0 saturated carbocycles. The zero-order valence-electron chi connectivity index (χ0n) is 12.2. The summed E-state index contributed by atoms with van der Waals surface area (Å²) in [5, 5.41) is 0. The van der Waals surface area contributed by atoms with Gasteiger partial charge >= 0.3 is 0 Å². The van der Waals surface area contributed by atoms with E-state index in [1.54, 1.807) is 0 Å². The summed E-state index contributed by atoms with van der Waals surface area (Å²) in [6.07, 6.45) is 2.97. The Labute approximate surface area is 134 Å². The number of fused-ring (bicyclic) bond motifs is 1. The van der Waals surface area contributed by atoms with Crippen molar-refractivity contribution in [2.75, 3.05) is 6.61 Å². The van der Waals surface area contributed by atoms with E-state index in [0.717, 1.165) is 36.1 Å². The van der Waals surface area contributed by atoms with Crippen LogP contribution in [0.5, 0.6) is 5.75 Å². The molecule has 1 atom stereocenters. The summed E-state index contributed by atoms with van der Waals surface area (Å²) in [5.74, 6) is 1.05. The minimum atomic E-state index is 0.0591. The van der Waals surface area contributed by atoms with Gasteiger partial charge in [-0.3, -0.25) is 0 Å². The van der Waals surface area contributed by atoms with Gasteiger partial charge in [0.15, 0.2) is 0 Å². The van der Waals surface area contributed by atoms with E-state index in [4.69, 9.17) is 10.5 Å². The van der Waals surface area contributed by atoms with Crippen LogP contribution in [0.3, 0.4) is 0 Å². The third kappa shape index (κ3) is 3.14. The summed E-state index contributed by atoms with van der Waals surface area (Å²) in [6.45, 7) is 2.91. The van der Waals surface area contributed by atoms with Crippen LogP contribution in [0.15, 0.2) is 40.9 Å². The van der Waals surface area contributed by atoms with Gasteiger partial charge in [0.25, 0.3) is 0 Å². The largest absolute Gasteiger partial charge is 0.493 e. The summed E-state index contributed by atoms with van der Waals surface area (Å²) >= 11 is 3.65. The normalized spacial score (nSPS) is 14.6. The summed E-state index contributed by atoms with van der Waals surface area (Å²) in [6, 6.07) is 12.8. The predicted molar refractivity (Wildman–Crippen MR) is 89.8 cm³/mol. The second-order valence-electron chi connectivity index (χ2n) is 5.66. The molecule has 21 heavy (non-hydrogen) atoms. The molecule has 0 aliphatic carbocycles. The number of halogens is 1. The van der Waals surface area contributed by atoms with E-state index in [1.807, 2.05) is 0 Å². The van der Waals surface area contributed by atoms with Crippen molar-refractivity contribution in [3.05, 3.63) is 63.1 Å². The van der Waals surface area contributed by atoms with Crippen molar-refractivity contribution in [2.45, 2.75) is 32.2 Å². The lowest BCUT2D eigenvalue weighted by Gasteiger charge is -2.15. The summed E-state index contributed by atoms with van der Waals surface area (Å²) in [7, 11) is 0. The molecule has 0 saturated heterocycles. The van der Waals surface area contributed by atoms with Gasteiger partial charge in [-0.1, -0.05) is 46.3 Å². The van der Waals surface area contributed by atoms with E-state index < -0.39 is 0 Å². The van der Waals surface area contributed by atoms with Gasteiger partial charge in [-0.15, -0.1) is 0 Å². The van der Waals surface area contributed by atoms with Crippen LogP contribution in [0.4, 0.5) is 0 Å².